The number of nitrogens with zero attached hydrogens (tertiary/aromatic N) is 3. The SMILES string of the molecule is CN(CCCn1c(CCCl)nc2ccc(Cl)cc21)Cc1ccccc1. The Kier molecular flexibility index (Phi) is 6.35. The molecule has 25 heavy (non-hydrogen) atoms. The van der Waals surface area contributed by atoms with E-state index in [-0.39, 0.29) is 0 Å². The highest BCUT2D eigenvalue weighted by molar-refractivity contribution is 6.31. The molecule has 0 aliphatic heterocycles. The summed E-state index contributed by atoms with van der Waals surface area (Å²) in [6.45, 7) is 2.91. The normalized spacial score (nSPS) is 11.5. The van der Waals surface area contributed by atoms with E-state index >= 15 is 0 Å². The second kappa shape index (κ2) is 8.70. The van der Waals surface area contributed by atoms with Gasteiger partial charge in [0.15, 0.2) is 0 Å². The molecule has 3 rings (SSSR count). The number of halogens is 2. The van der Waals surface area contributed by atoms with Crippen molar-refractivity contribution in [3.05, 3.63) is 64.9 Å². The molecule has 0 bridgehead atoms. The molecule has 0 aliphatic rings. The van der Waals surface area contributed by atoms with Crippen LogP contribution >= 0.6 is 23.2 Å². The number of alkyl halides is 1. The molecule has 0 aliphatic carbocycles. The van der Waals surface area contributed by atoms with Gasteiger partial charge < -0.3 is 9.47 Å². The molecule has 0 amide bonds. The molecule has 0 atom stereocenters. The molecule has 3 nitrogen and oxygen atoms in total. The lowest BCUT2D eigenvalue weighted by Gasteiger charge is -2.17. The predicted octanol–water partition coefficient (Wildman–Crippen LogP) is 4.99. The molecule has 1 heterocycles. The van der Waals surface area contributed by atoms with Gasteiger partial charge in [0, 0.05) is 30.4 Å². The Morgan fingerprint density at radius 2 is 1.92 bits per heavy atom. The Hall–Kier alpha value is -1.55. The monoisotopic (exact) mass is 375 g/mol. The molecule has 1 aromatic heterocycles. The van der Waals surface area contributed by atoms with Gasteiger partial charge in [0.1, 0.15) is 5.82 Å². The molecule has 132 valence electrons. The highest BCUT2D eigenvalue weighted by Crippen LogP contribution is 2.22. The number of rotatable bonds is 8. The maximum atomic E-state index is 6.18. The highest BCUT2D eigenvalue weighted by Gasteiger charge is 2.11. The van der Waals surface area contributed by atoms with Crippen molar-refractivity contribution in [1.29, 1.82) is 0 Å². The van der Waals surface area contributed by atoms with Crippen LogP contribution in [0.1, 0.15) is 17.8 Å². The van der Waals surface area contributed by atoms with E-state index < -0.39 is 0 Å². The molecule has 0 N–H and O–H groups in total. The third kappa shape index (κ3) is 4.75. The number of hydrogen-bond acceptors (Lipinski definition) is 2. The van der Waals surface area contributed by atoms with E-state index in [9.17, 15) is 0 Å². The van der Waals surface area contributed by atoms with Gasteiger partial charge in [0.2, 0.25) is 0 Å². The van der Waals surface area contributed by atoms with Crippen LogP contribution in [0.5, 0.6) is 0 Å². The van der Waals surface area contributed by atoms with Gasteiger partial charge in [-0.3, -0.25) is 0 Å². The maximum Gasteiger partial charge on any atom is 0.111 e. The summed E-state index contributed by atoms with van der Waals surface area (Å²) in [6, 6.07) is 16.4. The first-order chi connectivity index (χ1) is 12.2. The molecule has 0 saturated carbocycles. The molecule has 0 radical (unpaired) electrons. The summed E-state index contributed by atoms with van der Waals surface area (Å²) >= 11 is 12.1. The van der Waals surface area contributed by atoms with Crippen LogP contribution in [0.4, 0.5) is 0 Å². The quantitative estimate of drug-likeness (QED) is 0.516. The Bertz CT molecular complexity index is 814. The second-order valence-electron chi connectivity index (χ2n) is 6.33. The lowest BCUT2D eigenvalue weighted by Crippen LogP contribution is -2.20. The third-order valence-corrected chi connectivity index (χ3v) is 4.75. The third-order valence-electron chi connectivity index (χ3n) is 4.32. The van der Waals surface area contributed by atoms with Gasteiger partial charge in [-0.1, -0.05) is 41.9 Å². The number of aryl methyl sites for hydroxylation is 2. The van der Waals surface area contributed by atoms with E-state index in [0.717, 1.165) is 54.4 Å². The van der Waals surface area contributed by atoms with Crippen molar-refractivity contribution in [2.75, 3.05) is 19.5 Å². The van der Waals surface area contributed by atoms with E-state index in [1.54, 1.807) is 0 Å². The standard InChI is InChI=1S/C20H23Cl2N3/c1-24(15-16-6-3-2-4-7-16)12-5-13-25-19-14-17(22)8-9-18(19)23-20(25)10-11-21/h2-4,6-9,14H,5,10-13,15H2,1H3. The fourth-order valence-corrected chi connectivity index (χ4v) is 3.48. The predicted molar refractivity (Wildman–Crippen MR) is 107 cm³/mol. The molecule has 5 heteroatoms. The van der Waals surface area contributed by atoms with Gasteiger partial charge in [-0.05, 0) is 43.8 Å². The number of hydrogen-bond donors (Lipinski definition) is 0. The zero-order valence-electron chi connectivity index (χ0n) is 14.5. The van der Waals surface area contributed by atoms with Gasteiger partial charge in [-0.25, -0.2) is 4.98 Å². The van der Waals surface area contributed by atoms with Crippen molar-refractivity contribution >= 4 is 34.2 Å². The summed E-state index contributed by atoms with van der Waals surface area (Å²) in [5.41, 5.74) is 3.42. The summed E-state index contributed by atoms with van der Waals surface area (Å²) < 4.78 is 2.26. The van der Waals surface area contributed by atoms with Crippen LogP contribution in [0.25, 0.3) is 11.0 Å². The van der Waals surface area contributed by atoms with E-state index in [1.807, 2.05) is 18.2 Å². The zero-order valence-corrected chi connectivity index (χ0v) is 16.0. The van der Waals surface area contributed by atoms with Crippen LogP contribution < -0.4 is 0 Å². The molecule has 0 fully saturated rings. The van der Waals surface area contributed by atoms with Crippen molar-refractivity contribution < 1.29 is 0 Å². The fraction of sp³-hybridized carbons (Fsp3) is 0.350. The molecule has 2 aromatic carbocycles. The molecular formula is C20H23Cl2N3. The number of imidazole rings is 1. The minimum Gasteiger partial charge on any atom is -0.328 e. The summed E-state index contributed by atoms with van der Waals surface area (Å²) in [6.07, 6.45) is 1.82. The van der Waals surface area contributed by atoms with Gasteiger partial charge in [0.05, 0.1) is 11.0 Å². The average molecular weight is 376 g/mol. The minimum absolute atomic E-state index is 0.574. The molecule has 0 unspecified atom stereocenters. The summed E-state index contributed by atoms with van der Waals surface area (Å²) in [5.74, 6) is 1.61. The molecular weight excluding hydrogens is 353 g/mol. The Morgan fingerprint density at radius 3 is 2.68 bits per heavy atom. The molecule has 3 aromatic rings. The van der Waals surface area contributed by atoms with Gasteiger partial charge in [-0.2, -0.15) is 0 Å². The average Bonchev–Trinajstić information content (AvgIpc) is 2.93. The summed E-state index contributed by atoms with van der Waals surface area (Å²) in [7, 11) is 2.16. The zero-order chi connectivity index (χ0) is 17.6. The lowest BCUT2D eigenvalue weighted by atomic mass is 10.2. The first-order valence-corrected chi connectivity index (χ1v) is 9.51. The van der Waals surface area contributed by atoms with Crippen LogP contribution in [-0.4, -0.2) is 33.9 Å². The van der Waals surface area contributed by atoms with E-state index in [2.05, 4.69) is 46.8 Å². The molecule has 0 spiro atoms. The first kappa shape index (κ1) is 18.2. The largest absolute Gasteiger partial charge is 0.328 e. The second-order valence-corrected chi connectivity index (χ2v) is 7.14. The van der Waals surface area contributed by atoms with Gasteiger partial charge >= 0.3 is 0 Å². The lowest BCUT2D eigenvalue weighted by molar-refractivity contribution is 0.314. The maximum absolute atomic E-state index is 6.18. The van der Waals surface area contributed by atoms with Crippen LogP contribution in [0.3, 0.4) is 0 Å². The van der Waals surface area contributed by atoms with Crippen molar-refractivity contribution in [3.8, 4) is 0 Å². The fourth-order valence-electron chi connectivity index (χ4n) is 3.14. The van der Waals surface area contributed by atoms with Gasteiger partial charge in [0.25, 0.3) is 0 Å². The van der Waals surface area contributed by atoms with Crippen molar-refractivity contribution in [2.24, 2.45) is 0 Å². The van der Waals surface area contributed by atoms with Crippen LogP contribution in [0, 0.1) is 0 Å². The highest BCUT2D eigenvalue weighted by atomic mass is 35.5. The topological polar surface area (TPSA) is 21.1 Å². The number of benzene rings is 2. The van der Waals surface area contributed by atoms with Crippen LogP contribution in [0.2, 0.25) is 5.02 Å². The Balaban J connectivity index is 1.65. The number of fused-ring (bicyclic) bond motifs is 1. The van der Waals surface area contributed by atoms with E-state index in [4.69, 9.17) is 28.2 Å². The van der Waals surface area contributed by atoms with Crippen molar-refractivity contribution in [1.82, 2.24) is 14.5 Å². The minimum atomic E-state index is 0.574. The Labute approximate surface area is 159 Å². The van der Waals surface area contributed by atoms with E-state index in [1.165, 1.54) is 5.56 Å². The summed E-state index contributed by atoms with van der Waals surface area (Å²) in [5, 5.41) is 0.743. The first-order valence-electron chi connectivity index (χ1n) is 8.60. The van der Waals surface area contributed by atoms with E-state index in [0.29, 0.717) is 5.88 Å². The Morgan fingerprint density at radius 1 is 1.12 bits per heavy atom. The number of aromatic nitrogens is 2. The van der Waals surface area contributed by atoms with Crippen LogP contribution in [0.15, 0.2) is 48.5 Å². The smallest absolute Gasteiger partial charge is 0.111 e. The van der Waals surface area contributed by atoms with Crippen LogP contribution in [-0.2, 0) is 19.5 Å². The molecule has 0 saturated heterocycles. The van der Waals surface area contributed by atoms with Gasteiger partial charge in [-0.15, -0.1) is 11.6 Å². The van der Waals surface area contributed by atoms with Crippen molar-refractivity contribution in [3.63, 3.8) is 0 Å². The summed E-state index contributed by atoms with van der Waals surface area (Å²) in [4.78, 5) is 7.07. The van der Waals surface area contributed by atoms with Crippen molar-refractivity contribution in [2.45, 2.75) is 25.9 Å².